The predicted octanol–water partition coefficient (Wildman–Crippen LogP) is 3.07. The Hall–Kier alpha value is -1.55. The second-order valence-corrected chi connectivity index (χ2v) is 7.06. The third-order valence-corrected chi connectivity index (χ3v) is 3.39. The number of ether oxygens (including phenoxy) is 2. The average molecular weight is 492 g/mol. The number of hydrogen-bond donors (Lipinski definition) is 3. The van der Waals surface area contributed by atoms with E-state index in [0.717, 1.165) is 5.56 Å². The predicted molar refractivity (Wildman–Crippen MR) is 120 cm³/mol. The molecule has 0 saturated carbocycles. The van der Waals surface area contributed by atoms with Gasteiger partial charge in [0.05, 0.1) is 12.6 Å². The molecule has 0 radical (unpaired) electrons. The molecule has 0 spiro atoms. The number of benzene rings is 1. The number of rotatable bonds is 7. The summed E-state index contributed by atoms with van der Waals surface area (Å²) in [6.07, 6.45) is -0.455. The molecule has 0 bridgehead atoms. The molecule has 27 heavy (non-hydrogen) atoms. The lowest BCUT2D eigenvalue weighted by molar-refractivity contribution is 0.0504. The number of hydrogen-bond acceptors (Lipinski definition) is 4. The van der Waals surface area contributed by atoms with Crippen molar-refractivity contribution in [2.75, 3.05) is 27.3 Å². The largest absolute Gasteiger partial charge is 0.444 e. The van der Waals surface area contributed by atoms with E-state index in [1.54, 1.807) is 14.2 Å². The summed E-state index contributed by atoms with van der Waals surface area (Å²) in [7, 11) is 3.36. The minimum atomic E-state index is -0.550. The standard InChI is InChI=1S/C19H32N4O3.HI/c1-14(13-25-6)22-17(20-5)21-12-16(15-10-8-7-9-11-15)23-18(24)26-19(2,3)4;/h7-11,14,16H,12-13H2,1-6H3,(H,23,24)(H2,20,21,22);1H. The maximum atomic E-state index is 12.2. The molecule has 154 valence electrons. The highest BCUT2D eigenvalue weighted by Gasteiger charge is 2.21. The van der Waals surface area contributed by atoms with E-state index in [1.165, 1.54) is 0 Å². The molecule has 8 heteroatoms. The smallest absolute Gasteiger partial charge is 0.408 e. The maximum absolute atomic E-state index is 12.2. The van der Waals surface area contributed by atoms with E-state index in [1.807, 2.05) is 58.0 Å². The molecule has 7 nitrogen and oxygen atoms in total. The van der Waals surface area contributed by atoms with Crippen molar-refractivity contribution in [3.63, 3.8) is 0 Å². The minimum absolute atomic E-state index is 0. The van der Waals surface area contributed by atoms with Crippen molar-refractivity contribution in [2.24, 2.45) is 4.99 Å². The quantitative estimate of drug-likeness (QED) is 0.310. The summed E-state index contributed by atoms with van der Waals surface area (Å²) in [6, 6.07) is 9.59. The van der Waals surface area contributed by atoms with Crippen LogP contribution in [-0.2, 0) is 9.47 Å². The Morgan fingerprint density at radius 2 is 1.81 bits per heavy atom. The number of methoxy groups -OCH3 is 1. The van der Waals surface area contributed by atoms with Gasteiger partial charge in [-0.1, -0.05) is 30.3 Å². The number of halogens is 1. The van der Waals surface area contributed by atoms with Crippen LogP contribution in [0.5, 0.6) is 0 Å². The van der Waals surface area contributed by atoms with Crippen molar-refractivity contribution in [3.8, 4) is 0 Å². The van der Waals surface area contributed by atoms with Crippen molar-refractivity contribution in [1.29, 1.82) is 0 Å². The number of carbonyl (C=O) groups excluding carboxylic acids is 1. The van der Waals surface area contributed by atoms with Crippen LogP contribution in [0.15, 0.2) is 35.3 Å². The lowest BCUT2D eigenvalue weighted by atomic mass is 10.1. The molecule has 0 saturated heterocycles. The molecule has 3 N–H and O–H groups in total. The number of alkyl carbamates (subject to hydrolysis) is 1. The van der Waals surface area contributed by atoms with Crippen LogP contribution in [0.25, 0.3) is 0 Å². The van der Waals surface area contributed by atoms with Gasteiger partial charge in [0.15, 0.2) is 5.96 Å². The zero-order valence-electron chi connectivity index (χ0n) is 17.0. The Morgan fingerprint density at radius 1 is 1.19 bits per heavy atom. The van der Waals surface area contributed by atoms with Gasteiger partial charge in [0.1, 0.15) is 5.60 Å². The normalized spacial score (nSPS) is 13.8. The van der Waals surface area contributed by atoms with E-state index in [4.69, 9.17) is 9.47 Å². The van der Waals surface area contributed by atoms with Crippen LogP contribution in [0.2, 0.25) is 0 Å². The van der Waals surface area contributed by atoms with Crippen LogP contribution < -0.4 is 16.0 Å². The first kappa shape index (κ1) is 25.4. The monoisotopic (exact) mass is 492 g/mol. The second kappa shape index (κ2) is 12.8. The molecule has 1 aromatic rings. The molecule has 1 aromatic carbocycles. The fourth-order valence-electron chi connectivity index (χ4n) is 2.31. The van der Waals surface area contributed by atoms with Crippen molar-refractivity contribution < 1.29 is 14.3 Å². The number of nitrogens with one attached hydrogen (secondary N) is 3. The van der Waals surface area contributed by atoms with Gasteiger partial charge in [-0.25, -0.2) is 4.79 Å². The molecule has 0 aliphatic heterocycles. The van der Waals surface area contributed by atoms with Crippen molar-refractivity contribution >= 4 is 36.0 Å². The lowest BCUT2D eigenvalue weighted by Crippen LogP contribution is -2.47. The van der Waals surface area contributed by atoms with Gasteiger partial charge in [0.25, 0.3) is 0 Å². The second-order valence-electron chi connectivity index (χ2n) is 7.06. The molecule has 0 aliphatic carbocycles. The average Bonchev–Trinajstić information content (AvgIpc) is 2.56. The van der Waals surface area contributed by atoms with Crippen molar-refractivity contribution in [2.45, 2.75) is 45.4 Å². The lowest BCUT2D eigenvalue weighted by Gasteiger charge is -2.25. The Labute approximate surface area is 179 Å². The SMILES string of the molecule is CN=C(NCC(NC(=O)OC(C)(C)C)c1ccccc1)NC(C)COC.I. The summed E-state index contributed by atoms with van der Waals surface area (Å²) < 4.78 is 10.5. The highest BCUT2D eigenvalue weighted by molar-refractivity contribution is 14.0. The Bertz CT molecular complexity index is 576. The van der Waals surface area contributed by atoms with Gasteiger partial charge in [-0.05, 0) is 33.3 Å². The molecule has 2 atom stereocenters. The van der Waals surface area contributed by atoms with E-state index in [0.29, 0.717) is 19.1 Å². The van der Waals surface area contributed by atoms with Gasteiger partial charge in [-0.2, -0.15) is 0 Å². The molecular weight excluding hydrogens is 459 g/mol. The van der Waals surface area contributed by atoms with E-state index in [2.05, 4.69) is 20.9 Å². The van der Waals surface area contributed by atoms with Gasteiger partial charge in [0, 0.05) is 26.7 Å². The van der Waals surface area contributed by atoms with Crippen LogP contribution >= 0.6 is 24.0 Å². The Morgan fingerprint density at radius 3 is 2.33 bits per heavy atom. The van der Waals surface area contributed by atoms with E-state index in [-0.39, 0.29) is 36.1 Å². The third kappa shape index (κ3) is 11.0. The van der Waals surface area contributed by atoms with E-state index >= 15 is 0 Å². The molecule has 0 aromatic heterocycles. The molecule has 2 unspecified atom stereocenters. The minimum Gasteiger partial charge on any atom is -0.444 e. The van der Waals surface area contributed by atoms with Crippen LogP contribution in [-0.4, -0.2) is 51.0 Å². The van der Waals surface area contributed by atoms with Gasteiger partial charge < -0.3 is 25.4 Å². The zero-order chi connectivity index (χ0) is 19.6. The molecule has 1 rings (SSSR count). The summed E-state index contributed by atoms with van der Waals surface area (Å²) in [6.45, 7) is 8.55. The number of carbonyl (C=O) groups is 1. The number of nitrogens with zero attached hydrogens (tertiary/aromatic N) is 1. The highest BCUT2D eigenvalue weighted by Crippen LogP contribution is 2.14. The number of aliphatic imine (C=N–C) groups is 1. The van der Waals surface area contributed by atoms with Gasteiger partial charge in [-0.3, -0.25) is 4.99 Å². The zero-order valence-corrected chi connectivity index (χ0v) is 19.4. The molecule has 0 fully saturated rings. The maximum Gasteiger partial charge on any atom is 0.408 e. The van der Waals surface area contributed by atoms with Crippen molar-refractivity contribution in [3.05, 3.63) is 35.9 Å². The van der Waals surface area contributed by atoms with Crippen LogP contribution in [0.1, 0.15) is 39.3 Å². The summed E-state index contributed by atoms with van der Waals surface area (Å²) >= 11 is 0. The van der Waals surface area contributed by atoms with Gasteiger partial charge in [-0.15, -0.1) is 24.0 Å². The Balaban J connectivity index is 0.00000676. The fourth-order valence-corrected chi connectivity index (χ4v) is 2.31. The summed E-state index contributed by atoms with van der Waals surface area (Å²) in [5.74, 6) is 0.640. The molecule has 1 amide bonds. The molecular formula is C19H33IN4O3. The summed E-state index contributed by atoms with van der Waals surface area (Å²) in [5.41, 5.74) is 0.428. The number of guanidine groups is 1. The van der Waals surface area contributed by atoms with Crippen molar-refractivity contribution in [1.82, 2.24) is 16.0 Å². The highest BCUT2D eigenvalue weighted by atomic mass is 127. The van der Waals surface area contributed by atoms with Crippen LogP contribution in [0.4, 0.5) is 4.79 Å². The first-order valence-electron chi connectivity index (χ1n) is 8.75. The topological polar surface area (TPSA) is 84.0 Å². The molecule has 0 aliphatic rings. The van der Waals surface area contributed by atoms with E-state index in [9.17, 15) is 4.79 Å². The molecule has 0 heterocycles. The van der Waals surface area contributed by atoms with Gasteiger partial charge >= 0.3 is 6.09 Å². The van der Waals surface area contributed by atoms with Gasteiger partial charge in [0.2, 0.25) is 0 Å². The van der Waals surface area contributed by atoms with E-state index < -0.39 is 11.7 Å². The van der Waals surface area contributed by atoms with Crippen LogP contribution in [0, 0.1) is 0 Å². The number of amides is 1. The summed E-state index contributed by atoms with van der Waals surface area (Å²) in [4.78, 5) is 16.4. The third-order valence-electron chi connectivity index (χ3n) is 3.39. The fraction of sp³-hybridized carbons (Fsp3) is 0.579. The summed E-state index contributed by atoms with van der Waals surface area (Å²) in [5, 5.41) is 9.39. The first-order valence-corrected chi connectivity index (χ1v) is 8.75. The van der Waals surface area contributed by atoms with Crippen LogP contribution in [0.3, 0.4) is 0 Å². The Kier molecular flexibility index (Phi) is 12.0. The first-order chi connectivity index (χ1) is 12.2.